The average molecular weight is 352 g/mol. The first kappa shape index (κ1) is 15.7. The van der Waals surface area contributed by atoms with E-state index in [0.29, 0.717) is 6.20 Å². The van der Waals surface area contributed by atoms with Gasteiger partial charge in [-0.3, -0.25) is 4.79 Å². The van der Waals surface area contributed by atoms with Crippen LogP contribution in [0, 0.1) is 0 Å². The molecule has 0 aliphatic carbocycles. The second kappa shape index (κ2) is 5.35. The van der Waals surface area contributed by atoms with E-state index < -0.39 is 29.5 Å². The number of ether oxygens (including phenoxy) is 1. The smallest absolute Gasteiger partial charge is 0.403 e. The molecule has 0 aromatic carbocycles. The molecule has 1 aromatic rings. The van der Waals surface area contributed by atoms with Gasteiger partial charge in [0.05, 0.1) is 5.56 Å². The Morgan fingerprint density at radius 3 is 2.21 bits per heavy atom. The molecule has 10 heteroatoms. The Morgan fingerprint density at radius 2 is 1.84 bits per heavy atom. The van der Waals surface area contributed by atoms with E-state index in [1.54, 1.807) is 0 Å². The van der Waals surface area contributed by atoms with Crippen LogP contribution >= 0.6 is 15.9 Å². The van der Waals surface area contributed by atoms with Gasteiger partial charge < -0.3 is 4.74 Å². The van der Waals surface area contributed by atoms with Crippen LogP contribution in [0.4, 0.5) is 26.3 Å². The highest BCUT2D eigenvalue weighted by atomic mass is 79.9. The third-order valence-electron chi connectivity index (χ3n) is 1.90. The molecule has 1 heterocycles. The summed E-state index contributed by atoms with van der Waals surface area (Å²) < 4.78 is 77.3. The Morgan fingerprint density at radius 1 is 1.26 bits per heavy atom. The molecule has 0 aliphatic rings. The number of carbonyl (C=O) groups excluding carboxylic acids is 1. The first-order chi connectivity index (χ1) is 8.60. The summed E-state index contributed by atoms with van der Waals surface area (Å²) in [6.45, 7) is 0. The maximum Gasteiger partial charge on any atom is 0.573 e. The first-order valence-corrected chi connectivity index (χ1v) is 5.58. The minimum atomic E-state index is -5.37. The minimum absolute atomic E-state index is 0.144. The molecule has 19 heavy (non-hydrogen) atoms. The van der Waals surface area contributed by atoms with E-state index in [0.717, 1.165) is 0 Å². The maximum absolute atomic E-state index is 12.5. The average Bonchev–Trinajstić information content (AvgIpc) is 2.24. The predicted molar refractivity (Wildman–Crippen MR) is 53.9 cm³/mol. The van der Waals surface area contributed by atoms with Crippen LogP contribution in [0.5, 0.6) is 5.75 Å². The molecule has 0 aliphatic heterocycles. The van der Waals surface area contributed by atoms with E-state index in [2.05, 4.69) is 25.7 Å². The van der Waals surface area contributed by atoms with Crippen molar-refractivity contribution in [2.45, 2.75) is 17.9 Å². The number of carbonyl (C=O) groups is 1. The number of alkyl halides is 7. The fourth-order valence-electron chi connectivity index (χ4n) is 1.20. The summed E-state index contributed by atoms with van der Waals surface area (Å²) in [6.07, 6.45) is -10.0. The van der Waals surface area contributed by atoms with Crippen molar-refractivity contribution < 1.29 is 35.9 Å². The van der Waals surface area contributed by atoms with Crippen molar-refractivity contribution in [3.63, 3.8) is 0 Å². The standard InChI is InChI=1S/C9H4BrF6NO2/c10-1-4-2-17-7(8(11,12)13)6(5(4)3-18)19-9(14,15)16/h2-3H,1H2. The van der Waals surface area contributed by atoms with E-state index >= 15 is 0 Å². The summed E-state index contributed by atoms with van der Waals surface area (Å²) in [4.78, 5) is 13.6. The number of rotatable bonds is 3. The van der Waals surface area contributed by atoms with Gasteiger partial charge in [0.2, 0.25) is 0 Å². The zero-order chi connectivity index (χ0) is 14.8. The number of hydrogen-bond acceptors (Lipinski definition) is 3. The second-order valence-electron chi connectivity index (χ2n) is 3.17. The van der Waals surface area contributed by atoms with E-state index in [4.69, 9.17) is 0 Å². The van der Waals surface area contributed by atoms with Gasteiger partial charge in [-0.25, -0.2) is 4.98 Å². The van der Waals surface area contributed by atoms with Crippen molar-refractivity contribution in [2.75, 3.05) is 0 Å². The van der Waals surface area contributed by atoms with Gasteiger partial charge in [0, 0.05) is 11.5 Å². The molecule has 3 nitrogen and oxygen atoms in total. The second-order valence-corrected chi connectivity index (χ2v) is 3.73. The highest BCUT2D eigenvalue weighted by molar-refractivity contribution is 9.08. The maximum atomic E-state index is 12.5. The normalized spacial score (nSPS) is 12.4. The van der Waals surface area contributed by atoms with Crippen LogP contribution in [0.3, 0.4) is 0 Å². The van der Waals surface area contributed by atoms with E-state index in [1.165, 1.54) is 0 Å². The molecule has 0 spiro atoms. The van der Waals surface area contributed by atoms with Crippen molar-refractivity contribution >= 4 is 22.2 Å². The number of pyridine rings is 1. The Labute approximate surface area is 110 Å². The van der Waals surface area contributed by atoms with Crippen molar-refractivity contribution in [1.29, 1.82) is 0 Å². The summed E-state index contributed by atoms with van der Waals surface area (Å²) in [5.74, 6) is -1.65. The molecule has 0 N–H and O–H groups in total. The van der Waals surface area contributed by atoms with Gasteiger partial charge in [0.25, 0.3) is 0 Å². The quantitative estimate of drug-likeness (QED) is 0.473. The van der Waals surface area contributed by atoms with Gasteiger partial charge in [0.15, 0.2) is 17.7 Å². The molecule has 0 saturated carbocycles. The molecular formula is C9H4BrF6NO2. The van der Waals surface area contributed by atoms with E-state index in [1.807, 2.05) is 0 Å². The monoisotopic (exact) mass is 351 g/mol. The van der Waals surface area contributed by atoms with Gasteiger partial charge in [0.1, 0.15) is 0 Å². The van der Waals surface area contributed by atoms with Crippen LogP contribution in [0.25, 0.3) is 0 Å². The van der Waals surface area contributed by atoms with Crippen LogP contribution < -0.4 is 4.74 Å². The van der Waals surface area contributed by atoms with Gasteiger partial charge >= 0.3 is 12.5 Å². The third kappa shape index (κ3) is 3.82. The molecule has 0 bridgehead atoms. The van der Waals surface area contributed by atoms with Crippen molar-refractivity contribution in [3.8, 4) is 5.75 Å². The highest BCUT2D eigenvalue weighted by Crippen LogP contribution is 2.39. The van der Waals surface area contributed by atoms with Gasteiger partial charge in [-0.1, -0.05) is 15.9 Å². The molecule has 1 rings (SSSR count). The van der Waals surface area contributed by atoms with Gasteiger partial charge in [-0.15, -0.1) is 13.2 Å². The van der Waals surface area contributed by atoms with Crippen LogP contribution in [0.1, 0.15) is 21.6 Å². The molecule has 106 valence electrons. The van der Waals surface area contributed by atoms with Crippen LogP contribution in [-0.4, -0.2) is 17.6 Å². The first-order valence-electron chi connectivity index (χ1n) is 4.46. The van der Waals surface area contributed by atoms with Crippen molar-refractivity contribution in [2.24, 2.45) is 0 Å². The molecule has 0 unspecified atom stereocenters. The zero-order valence-electron chi connectivity index (χ0n) is 8.77. The Bertz CT molecular complexity index is 485. The summed E-state index contributed by atoms with van der Waals surface area (Å²) in [5.41, 5.74) is -2.91. The summed E-state index contributed by atoms with van der Waals surface area (Å²) in [7, 11) is 0. The minimum Gasteiger partial charge on any atom is -0.403 e. The molecule has 0 saturated heterocycles. The molecule has 0 radical (unpaired) electrons. The van der Waals surface area contributed by atoms with Crippen molar-refractivity contribution in [3.05, 3.63) is 23.0 Å². The summed E-state index contributed by atoms with van der Waals surface area (Å²) in [6, 6.07) is 0. The van der Waals surface area contributed by atoms with Crippen molar-refractivity contribution in [1.82, 2.24) is 4.98 Å². The summed E-state index contributed by atoms with van der Waals surface area (Å²) >= 11 is 2.82. The number of halogens is 7. The van der Waals surface area contributed by atoms with E-state index in [9.17, 15) is 31.1 Å². The van der Waals surface area contributed by atoms with Crippen LogP contribution in [0.15, 0.2) is 6.20 Å². The SMILES string of the molecule is O=Cc1c(CBr)cnc(C(F)(F)F)c1OC(F)(F)F. The molecular weight excluding hydrogens is 348 g/mol. The topological polar surface area (TPSA) is 39.2 Å². The molecule has 0 fully saturated rings. The lowest BCUT2D eigenvalue weighted by Gasteiger charge is -2.17. The largest absolute Gasteiger partial charge is 0.573 e. The summed E-state index contributed by atoms with van der Waals surface area (Å²) in [5, 5.41) is -0.152. The Hall–Kier alpha value is -1.32. The number of aromatic nitrogens is 1. The predicted octanol–water partition coefficient (Wildman–Crippen LogP) is 3.71. The lowest BCUT2D eigenvalue weighted by Crippen LogP contribution is -2.22. The fourth-order valence-corrected chi connectivity index (χ4v) is 1.65. The van der Waals surface area contributed by atoms with Crippen LogP contribution in [0.2, 0.25) is 0 Å². The molecule has 0 amide bonds. The number of aldehydes is 1. The lowest BCUT2D eigenvalue weighted by molar-refractivity contribution is -0.276. The number of nitrogens with zero attached hydrogens (tertiary/aromatic N) is 1. The molecule has 1 aromatic heterocycles. The Balaban J connectivity index is 3.54. The van der Waals surface area contributed by atoms with Gasteiger partial charge in [-0.05, 0) is 5.56 Å². The Kier molecular flexibility index (Phi) is 4.43. The number of hydrogen-bond donors (Lipinski definition) is 0. The van der Waals surface area contributed by atoms with Gasteiger partial charge in [-0.2, -0.15) is 13.2 Å². The fraction of sp³-hybridized carbons (Fsp3) is 0.333. The molecule has 0 atom stereocenters. The third-order valence-corrected chi connectivity index (χ3v) is 2.51. The lowest BCUT2D eigenvalue weighted by atomic mass is 10.1. The van der Waals surface area contributed by atoms with Crippen LogP contribution in [-0.2, 0) is 11.5 Å². The highest BCUT2D eigenvalue weighted by Gasteiger charge is 2.42. The zero-order valence-corrected chi connectivity index (χ0v) is 10.4. The van der Waals surface area contributed by atoms with E-state index in [-0.39, 0.29) is 17.2 Å².